The van der Waals surface area contributed by atoms with Crippen LogP contribution in [0.25, 0.3) is 0 Å². The molecule has 0 radical (unpaired) electrons. The number of carbonyl (C=O) groups excluding carboxylic acids is 1. The highest BCUT2D eigenvalue weighted by molar-refractivity contribution is 9.11. The molecule has 1 aromatic rings. The number of hydrazone groups is 1. The maximum Gasteiger partial charge on any atom is 0.240 e. The Kier molecular flexibility index (Phi) is 6.35. The quantitative estimate of drug-likeness (QED) is 0.608. The van der Waals surface area contributed by atoms with E-state index in [1.54, 1.807) is 12.1 Å². The largest absolute Gasteiger partial charge is 0.506 e. The van der Waals surface area contributed by atoms with Gasteiger partial charge in [-0.1, -0.05) is 13.3 Å². The predicted octanol–water partition coefficient (Wildman–Crippen LogP) is 3.56. The fourth-order valence-electron chi connectivity index (χ4n) is 1.23. The Labute approximate surface area is 123 Å². The second kappa shape index (κ2) is 7.53. The Hall–Kier alpha value is -0.880. The molecule has 18 heavy (non-hydrogen) atoms. The van der Waals surface area contributed by atoms with Gasteiger partial charge in [-0.15, -0.1) is 0 Å². The molecule has 6 heteroatoms. The van der Waals surface area contributed by atoms with Gasteiger partial charge in [0.05, 0.1) is 15.2 Å². The molecule has 0 aromatic heterocycles. The number of carbonyl (C=O) groups is 1. The normalized spacial score (nSPS) is 10.8. The molecule has 0 fully saturated rings. The van der Waals surface area contributed by atoms with E-state index in [-0.39, 0.29) is 11.7 Å². The van der Waals surface area contributed by atoms with Gasteiger partial charge in [0, 0.05) is 6.42 Å². The highest BCUT2D eigenvalue weighted by Crippen LogP contribution is 2.32. The third kappa shape index (κ3) is 4.78. The number of hydrogen-bond donors (Lipinski definition) is 2. The van der Waals surface area contributed by atoms with E-state index in [0.29, 0.717) is 15.4 Å². The minimum absolute atomic E-state index is 0.0926. The van der Waals surface area contributed by atoms with Crippen LogP contribution in [0, 0.1) is 0 Å². The summed E-state index contributed by atoms with van der Waals surface area (Å²) in [5.74, 6) is 0.0455. The van der Waals surface area contributed by atoms with Crippen molar-refractivity contribution in [2.45, 2.75) is 26.2 Å². The summed E-state index contributed by atoms with van der Waals surface area (Å²) in [6.45, 7) is 2.03. The van der Waals surface area contributed by atoms with Crippen molar-refractivity contribution in [3.63, 3.8) is 0 Å². The smallest absolute Gasteiger partial charge is 0.240 e. The number of halogens is 2. The summed E-state index contributed by atoms with van der Waals surface area (Å²) in [7, 11) is 0. The first-order valence-corrected chi connectivity index (χ1v) is 7.13. The van der Waals surface area contributed by atoms with Crippen LogP contribution in [-0.4, -0.2) is 17.2 Å². The van der Waals surface area contributed by atoms with E-state index < -0.39 is 0 Å². The van der Waals surface area contributed by atoms with Crippen LogP contribution in [0.4, 0.5) is 0 Å². The van der Waals surface area contributed by atoms with Crippen LogP contribution >= 0.6 is 31.9 Å². The zero-order valence-electron chi connectivity index (χ0n) is 9.91. The topological polar surface area (TPSA) is 61.7 Å². The lowest BCUT2D eigenvalue weighted by Crippen LogP contribution is -2.16. The minimum atomic E-state index is -0.0926. The number of phenols is 1. The van der Waals surface area contributed by atoms with Crippen LogP contribution < -0.4 is 5.43 Å². The number of benzene rings is 1. The van der Waals surface area contributed by atoms with Crippen molar-refractivity contribution >= 4 is 44.0 Å². The standard InChI is InChI=1S/C12H14Br2N2O2/c1-2-3-4-11(17)16-15-7-8-5-9(13)12(18)10(14)6-8/h5-7,18H,2-4H2,1H3,(H,16,17)/b15-7+. The molecule has 0 saturated heterocycles. The van der Waals surface area contributed by atoms with E-state index in [9.17, 15) is 9.90 Å². The second-order valence-electron chi connectivity index (χ2n) is 3.73. The highest BCUT2D eigenvalue weighted by Gasteiger charge is 2.04. The van der Waals surface area contributed by atoms with Crippen LogP contribution in [0.1, 0.15) is 31.7 Å². The van der Waals surface area contributed by atoms with Gasteiger partial charge in [0.25, 0.3) is 0 Å². The van der Waals surface area contributed by atoms with Crippen molar-refractivity contribution in [3.05, 3.63) is 26.6 Å². The Morgan fingerprint density at radius 3 is 2.61 bits per heavy atom. The maximum atomic E-state index is 11.3. The average Bonchev–Trinajstić information content (AvgIpc) is 2.33. The number of unbranched alkanes of at least 4 members (excludes halogenated alkanes) is 1. The van der Waals surface area contributed by atoms with Gasteiger partial charge in [-0.3, -0.25) is 4.79 Å². The molecule has 1 amide bonds. The Morgan fingerprint density at radius 2 is 2.06 bits per heavy atom. The molecule has 98 valence electrons. The van der Waals surface area contributed by atoms with Gasteiger partial charge in [0.1, 0.15) is 5.75 Å². The van der Waals surface area contributed by atoms with Crippen LogP contribution in [0.15, 0.2) is 26.2 Å². The van der Waals surface area contributed by atoms with Gasteiger partial charge in [0.2, 0.25) is 5.91 Å². The number of hydrogen-bond acceptors (Lipinski definition) is 3. The lowest BCUT2D eigenvalue weighted by atomic mass is 10.2. The molecular weight excluding hydrogens is 364 g/mol. The highest BCUT2D eigenvalue weighted by atomic mass is 79.9. The second-order valence-corrected chi connectivity index (χ2v) is 5.44. The molecule has 1 rings (SSSR count). The third-order valence-corrected chi connectivity index (χ3v) is 3.41. The van der Waals surface area contributed by atoms with Gasteiger partial charge in [-0.2, -0.15) is 5.10 Å². The zero-order chi connectivity index (χ0) is 13.5. The van der Waals surface area contributed by atoms with Gasteiger partial charge < -0.3 is 5.11 Å². The number of phenolic OH excluding ortho intramolecular Hbond substituents is 1. The molecular formula is C12H14Br2N2O2. The number of nitrogens with one attached hydrogen (secondary N) is 1. The van der Waals surface area contributed by atoms with E-state index in [0.717, 1.165) is 18.4 Å². The average molecular weight is 378 g/mol. The molecule has 1 aromatic carbocycles. The molecule has 0 aliphatic rings. The van der Waals surface area contributed by atoms with Crippen molar-refractivity contribution in [2.75, 3.05) is 0 Å². The summed E-state index contributed by atoms with van der Waals surface area (Å²) in [5, 5.41) is 13.4. The van der Waals surface area contributed by atoms with E-state index >= 15 is 0 Å². The van der Waals surface area contributed by atoms with E-state index in [1.807, 2.05) is 6.92 Å². The monoisotopic (exact) mass is 376 g/mol. The molecule has 4 nitrogen and oxygen atoms in total. The van der Waals surface area contributed by atoms with Crippen molar-refractivity contribution < 1.29 is 9.90 Å². The molecule has 2 N–H and O–H groups in total. The summed E-state index contributed by atoms with van der Waals surface area (Å²) in [6, 6.07) is 3.42. The first-order valence-electron chi connectivity index (χ1n) is 5.54. The molecule has 0 aliphatic carbocycles. The number of aromatic hydroxyl groups is 1. The minimum Gasteiger partial charge on any atom is -0.506 e. The van der Waals surface area contributed by atoms with Crippen LogP contribution in [0.3, 0.4) is 0 Å². The van der Waals surface area contributed by atoms with Gasteiger partial charge in [-0.25, -0.2) is 5.43 Å². The van der Waals surface area contributed by atoms with Crippen LogP contribution in [-0.2, 0) is 4.79 Å². The molecule has 0 spiro atoms. The summed E-state index contributed by atoms with van der Waals surface area (Å²) >= 11 is 6.45. The van der Waals surface area contributed by atoms with E-state index in [2.05, 4.69) is 42.4 Å². The van der Waals surface area contributed by atoms with Gasteiger partial charge >= 0.3 is 0 Å². The molecule has 0 aliphatic heterocycles. The maximum absolute atomic E-state index is 11.3. The van der Waals surface area contributed by atoms with E-state index in [1.165, 1.54) is 6.21 Å². The lowest BCUT2D eigenvalue weighted by molar-refractivity contribution is -0.121. The molecule has 0 atom stereocenters. The summed E-state index contributed by atoms with van der Waals surface area (Å²) in [5.41, 5.74) is 3.22. The van der Waals surface area contributed by atoms with Crippen LogP contribution in [0.5, 0.6) is 5.75 Å². The summed E-state index contributed by atoms with van der Waals surface area (Å²) in [4.78, 5) is 11.3. The molecule has 0 bridgehead atoms. The fraction of sp³-hybridized carbons (Fsp3) is 0.333. The fourth-order valence-corrected chi connectivity index (χ4v) is 2.45. The molecule has 0 heterocycles. The zero-order valence-corrected chi connectivity index (χ0v) is 13.1. The number of amides is 1. The van der Waals surface area contributed by atoms with Gasteiger partial charge in [-0.05, 0) is 56.0 Å². The number of nitrogens with zero attached hydrogens (tertiary/aromatic N) is 1. The van der Waals surface area contributed by atoms with Crippen molar-refractivity contribution in [1.82, 2.24) is 5.43 Å². The van der Waals surface area contributed by atoms with E-state index in [4.69, 9.17) is 0 Å². The van der Waals surface area contributed by atoms with Crippen molar-refractivity contribution in [2.24, 2.45) is 5.10 Å². The Morgan fingerprint density at radius 1 is 1.44 bits per heavy atom. The third-order valence-electron chi connectivity index (χ3n) is 2.20. The predicted molar refractivity (Wildman–Crippen MR) is 78.8 cm³/mol. The van der Waals surface area contributed by atoms with Crippen molar-refractivity contribution in [3.8, 4) is 5.75 Å². The Bertz CT molecular complexity index is 438. The SMILES string of the molecule is CCCCC(=O)N/N=C/c1cc(Br)c(O)c(Br)c1. The molecule has 0 unspecified atom stereocenters. The number of rotatable bonds is 5. The van der Waals surface area contributed by atoms with Crippen molar-refractivity contribution in [1.29, 1.82) is 0 Å². The van der Waals surface area contributed by atoms with Gasteiger partial charge in [0.15, 0.2) is 0 Å². The molecule has 0 saturated carbocycles. The lowest BCUT2D eigenvalue weighted by Gasteiger charge is -2.02. The summed E-state index contributed by atoms with van der Waals surface area (Å²) < 4.78 is 1.13. The first-order chi connectivity index (χ1) is 8.54. The summed E-state index contributed by atoms with van der Waals surface area (Å²) in [6.07, 6.45) is 3.85. The van der Waals surface area contributed by atoms with Crippen LogP contribution in [0.2, 0.25) is 0 Å². The Balaban J connectivity index is 2.60. The first kappa shape index (κ1) is 15.2.